The second kappa shape index (κ2) is 7.16. The molecule has 0 saturated heterocycles. The summed E-state index contributed by atoms with van der Waals surface area (Å²) in [6, 6.07) is 6.91. The van der Waals surface area contributed by atoms with Crippen LogP contribution in [0.5, 0.6) is 11.5 Å². The minimum absolute atomic E-state index is 0.0526. The maximum absolute atomic E-state index is 14.4. The molecule has 2 aromatic rings. The lowest BCUT2D eigenvalue weighted by molar-refractivity contribution is -0.117. The van der Waals surface area contributed by atoms with E-state index in [2.05, 4.69) is 0 Å². The maximum atomic E-state index is 14.4. The van der Waals surface area contributed by atoms with Gasteiger partial charge in [0.05, 0.1) is 16.5 Å². The average Bonchev–Trinajstić information content (AvgIpc) is 2.88. The summed E-state index contributed by atoms with van der Waals surface area (Å²) < 4.78 is 73.7. The highest BCUT2D eigenvalue weighted by Gasteiger charge is 2.40. The Balaban J connectivity index is 2.11. The number of ether oxygens (including phenoxy) is 1. The molecule has 6 nitrogen and oxygen atoms in total. The lowest BCUT2D eigenvalue weighted by Gasteiger charge is -2.15. The van der Waals surface area contributed by atoms with Gasteiger partial charge in [-0.15, -0.1) is 0 Å². The van der Waals surface area contributed by atoms with Gasteiger partial charge in [-0.1, -0.05) is 0 Å². The number of amides is 1. The first kappa shape index (κ1) is 19.7. The molecule has 10 heteroatoms. The Kier molecular flexibility index (Phi) is 5.04. The van der Waals surface area contributed by atoms with Gasteiger partial charge in [-0.05, 0) is 29.8 Å². The van der Waals surface area contributed by atoms with Crippen molar-refractivity contribution in [3.63, 3.8) is 0 Å². The van der Waals surface area contributed by atoms with E-state index in [1.807, 2.05) is 0 Å². The van der Waals surface area contributed by atoms with Crippen molar-refractivity contribution in [3.8, 4) is 17.6 Å². The summed E-state index contributed by atoms with van der Waals surface area (Å²) >= 11 is 0. The summed E-state index contributed by atoms with van der Waals surface area (Å²) in [6.07, 6.45) is -3.58. The second-order valence-electron chi connectivity index (χ2n) is 5.95. The quantitative estimate of drug-likeness (QED) is 0.836. The van der Waals surface area contributed by atoms with Gasteiger partial charge >= 0.3 is 0 Å². The molecule has 1 aliphatic carbocycles. The average molecular weight is 409 g/mol. The van der Waals surface area contributed by atoms with Gasteiger partial charge in [0, 0.05) is 25.0 Å². The number of nitrogens with zero attached hydrogens (tertiary/aromatic N) is 1. The minimum atomic E-state index is -4.36. The Labute approximate surface area is 158 Å². The monoisotopic (exact) mass is 409 g/mol. The van der Waals surface area contributed by atoms with Gasteiger partial charge in [-0.2, -0.15) is 5.26 Å². The zero-order chi connectivity index (χ0) is 20.6. The molecule has 1 radical (unpaired) electrons. The van der Waals surface area contributed by atoms with Crippen molar-refractivity contribution in [1.82, 2.24) is 4.72 Å². The Bertz CT molecular complexity index is 1110. The Hall–Kier alpha value is -3.06. The molecule has 1 N–H and O–H groups in total. The fraction of sp³-hybridized carbons (Fsp3) is 0.167. The van der Waals surface area contributed by atoms with Crippen molar-refractivity contribution in [3.05, 3.63) is 59.3 Å². The summed E-state index contributed by atoms with van der Waals surface area (Å²) in [4.78, 5) is 10.6. The molecule has 0 spiro atoms. The number of carbonyl (C=O) groups is 1. The third kappa shape index (κ3) is 3.66. The zero-order valence-electron chi connectivity index (χ0n) is 14.2. The number of halogens is 3. The first-order chi connectivity index (χ1) is 13.1. The highest BCUT2D eigenvalue weighted by atomic mass is 32.2. The Morgan fingerprint density at radius 3 is 2.61 bits per heavy atom. The third-order valence-electron chi connectivity index (χ3n) is 3.88. The number of hydrogen-bond acceptors (Lipinski definition) is 5. The number of benzene rings is 2. The van der Waals surface area contributed by atoms with E-state index in [1.165, 1.54) is 6.07 Å². The van der Waals surface area contributed by atoms with Crippen LogP contribution >= 0.6 is 0 Å². The van der Waals surface area contributed by atoms with E-state index >= 15 is 0 Å². The normalized spacial score (nSPS) is 18.2. The van der Waals surface area contributed by atoms with Crippen LogP contribution in [0, 0.1) is 23.6 Å². The summed E-state index contributed by atoms with van der Waals surface area (Å²) in [7, 11) is -4.36. The molecular formula is C18H12F3N2O4S. The van der Waals surface area contributed by atoms with Gasteiger partial charge in [0.1, 0.15) is 23.5 Å². The van der Waals surface area contributed by atoms with Crippen molar-refractivity contribution in [2.24, 2.45) is 0 Å². The van der Waals surface area contributed by atoms with Crippen LogP contribution in [0.25, 0.3) is 0 Å². The molecule has 0 saturated carbocycles. The van der Waals surface area contributed by atoms with Crippen LogP contribution in [0.4, 0.5) is 13.2 Å². The van der Waals surface area contributed by atoms with E-state index in [4.69, 9.17) is 10.00 Å². The second-order valence-corrected chi connectivity index (χ2v) is 7.60. The largest absolute Gasteiger partial charge is 0.457 e. The SMILES string of the molecule is CC(=O)NS(=O)(=O)c1ccc(Oc2cc(F)cc(C#N)c2)c2c1[CH][C@H](F)[C@H]2F. The van der Waals surface area contributed by atoms with Crippen molar-refractivity contribution < 1.29 is 31.1 Å². The molecule has 0 fully saturated rings. The molecule has 0 heterocycles. The van der Waals surface area contributed by atoms with Gasteiger partial charge in [0.15, 0.2) is 6.17 Å². The molecule has 0 aromatic heterocycles. The van der Waals surface area contributed by atoms with E-state index in [0.717, 1.165) is 37.6 Å². The smallest absolute Gasteiger partial charge is 0.264 e. The van der Waals surface area contributed by atoms with Crippen LogP contribution in [0.3, 0.4) is 0 Å². The van der Waals surface area contributed by atoms with Crippen molar-refractivity contribution >= 4 is 15.9 Å². The lowest BCUT2D eigenvalue weighted by atomic mass is 10.1. The zero-order valence-corrected chi connectivity index (χ0v) is 15.1. The minimum Gasteiger partial charge on any atom is -0.457 e. The van der Waals surface area contributed by atoms with Crippen molar-refractivity contribution in [2.75, 3.05) is 0 Å². The molecule has 2 atom stereocenters. The number of sulfonamides is 1. The predicted molar refractivity (Wildman–Crippen MR) is 90.8 cm³/mol. The molecule has 1 amide bonds. The van der Waals surface area contributed by atoms with Crippen LogP contribution in [-0.4, -0.2) is 20.5 Å². The summed E-state index contributed by atoms with van der Waals surface area (Å²) in [6.45, 7) is 0.978. The van der Waals surface area contributed by atoms with Crippen LogP contribution in [0.2, 0.25) is 0 Å². The van der Waals surface area contributed by atoms with Gasteiger partial charge in [0.2, 0.25) is 5.91 Å². The van der Waals surface area contributed by atoms with E-state index in [-0.39, 0.29) is 28.2 Å². The first-order valence-electron chi connectivity index (χ1n) is 7.84. The standard InChI is InChI=1S/C18H12F3N2O4S/c1-9(24)23-28(25,26)16-3-2-15(17-13(16)7-14(20)18(17)21)27-12-5-10(8-22)4-11(19)6-12/h2-7,14,18H,1H3,(H,23,24)/t14-,18+/m0/s1. The summed E-state index contributed by atoms with van der Waals surface area (Å²) in [5, 5.41) is 8.89. The van der Waals surface area contributed by atoms with E-state index in [1.54, 1.807) is 10.8 Å². The topological polar surface area (TPSA) is 96.3 Å². The van der Waals surface area contributed by atoms with E-state index in [9.17, 15) is 26.4 Å². The van der Waals surface area contributed by atoms with Crippen molar-refractivity contribution in [1.29, 1.82) is 5.26 Å². The number of hydrogen-bond donors (Lipinski definition) is 1. The molecule has 0 bridgehead atoms. The van der Waals surface area contributed by atoms with E-state index in [0.29, 0.717) is 0 Å². The number of nitrogens with one attached hydrogen (secondary N) is 1. The molecule has 2 aromatic carbocycles. The Morgan fingerprint density at radius 1 is 1.25 bits per heavy atom. The van der Waals surface area contributed by atoms with Crippen molar-refractivity contribution in [2.45, 2.75) is 24.2 Å². The maximum Gasteiger partial charge on any atom is 0.264 e. The number of alkyl halides is 2. The summed E-state index contributed by atoms with van der Waals surface area (Å²) in [5.41, 5.74) is -0.729. The van der Waals surface area contributed by atoms with Crippen LogP contribution in [0.1, 0.15) is 29.8 Å². The fourth-order valence-corrected chi connectivity index (χ4v) is 4.04. The van der Waals surface area contributed by atoms with Crippen LogP contribution in [0.15, 0.2) is 35.2 Å². The lowest BCUT2D eigenvalue weighted by Crippen LogP contribution is -2.29. The molecule has 0 aliphatic heterocycles. The van der Waals surface area contributed by atoms with Gasteiger partial charge < -0.3 is 4.74 Å². The number of rotatable bonds is 4. The summed E-state index contributed by atoms with van der Waals surface area (Å²) in [5.74, 6) is -2.03. The van der Waals surface area contributed by atoms with Gasteiger partial charge in [-0.3, -0.25) is 4.79 Å². The molecule has 3 rings (SSSR count). The molecule has 0 unspecified atom stereocenters. The molecule has 1 aliphatic rings. The first-order valence-corrected chi connectivity index (χ1v) is 9.32. The van der Waals surface area contributed by atoms with Gasteiger partial charge in [0.25, 0.3) is 10.0 Å². The number of carbonyl (C=O) groups excluding carboxylic acids is 1. The van der Waals surface area contributed by atoms with Gasteiger partial charge in [-0.25, -0.2) is 26.3 Å². The molecule has 145 valence electrons. The predicted octanol–water partition coefficient (Wildman–Crippen LogP) is 3.23. The highest BCUT2D eigenvalue weighted by Crippen LogP contribution is 2.46. The van der Waals surface area contributed by atoms with Crippen LogP contribution < -0.4 is 9.46 Å². The fourth-order valence-electron chi connectivity index (χ4n) is 2.84. The van der Waals surface area contributed by atoms with E-state index < -0.39 is 39.0 Å². The third-order valence-corrected chi connectivity index (χ3v) is 5.38. The number of fused-ring (bicyclic) bond motifs is 1. The van der Waals surface area contributed by atoms with Crippen LogP contribution in [-0.2, 0) is 14.8 Å². The molecule has 28 heavy (non-hydrogen) atoms. The molecular weight excluding hydrogens is 397 g/mol. The Morgan fingerprint density at radius 2 is 1.96 bits per heavy atom. The number of nitriles is 1. The highest BCUT2D eigenvalue weighted by molar-refractivity contribution is 7.90.